The van der Waals surface area contributed by atoms with Crippen molar-refractivity contribution in [2.45, 2.75) is 6.92 Å². The minimum atomic E-state index is -0.163. The fourth-order valence-electron chi connectivity index (χ4n) is 2.58. The smallest absolute Gasteiger partial charge is 0.321 e. The number of rotatable bonds is 3. The van der Waals surface area contributed by atoms with Crippen molar-refractivity contribution in [3.05, 3.63) is 48.3 Å². The molecule has 0 radical (unpaired) electrons. The van der Waals surface area contributed by atoms with Gasteiger partial charge >= 0.3 is 6.03 Å². The first kappa shape index (κ1) is 15.9. The highest BCUT2D eigenvalue weighted by Gasteiger charge is 2.22. The van der Waals surface area contributed by atoms with Gasteiger partial charge in [-0.05, 0) is 25.1 Å². The summed E-state index contributed by atoms with van der Waals surface area (Å²) in [4.78, 5) is 36.1. The number of carbonyl (C=O) groups excluding carboxylic acids is 2. The largest absolute Gasteiger partial charge is 0.337 e. The number of hydrogen-bond donors (Lipinski definition) is 1. The van der Waals surface area contributed by atoms with Gasteiger partial charge in [-0.2, -0.15) is 0 Å². The molecule has 0 aliphatic carbocycles. The van der Waals surface area contributed by atoms with Crippen LogP contribution in [0, 0.1) is 0 Å². The predicted molar refractivity (Wildman–Crippen MR) is 91.3 cm³/mol. The summed E-state index contributed by atoms with van der Waals surface area (Å²) in [5, 5.41) is 2.85. The summed E-state index contributed by atoms with van der Waals surface area (Å²) >= 11 is 0. The molecule has 1 N–H and O–H groups in total. The number of carbonyl (C=O) groups is 2. The van der Waals surface area contributed by atoms with Crippen molar-refractivity contribution in [2.24, 2.45) is 0 Å². The molecule has 0 bridgehead atoms. The number of amides is 2. The number of ketones is 1. The molecule has 7 heteroatoms. The van der Waals surface area contributed by atoms with E-state index in [0.717, 1.165) is 0 Å². The Morgan fingerprint density at radius 3 is 2.42 bits per heavy atom. The summed E-state index contributed by atoms with van der Waals surface area (Å²) < 4.78 is 0. The Kier molecular flexibility index (Phi) is 4.69. The minimum absolute atomic E-state index is 0.0254. The third-order valence-electron chi connectivity index (χ3n) is 3.92. The van der Waals surface area contributed by atoms with Gasteiger partial charge < -0.3 is 15.1 Å². The van der Waals surface area contributed by atoms with Gasteiger partial charge in [0.25, 0.3) is 0 Å². The Bertz CT molecular complexity index is 727. The van der Waals surface area contributed by atoms with Crippen molar-refractivity contribution in [1.29, 1.82) is 0 Å². The van der Waals surface area contributed by atoms with Crippen LogP contribution in [0.25, 0.3) is 0 Å². The van der Waals surface area contributed by atoms with Crippen LogP contribution in [0.15, 0.2) is 42.7 Å². The molecule has 3 rings (SSSR count). The molecule has 1 fully saturated rings. The average molecular weight is 325 g/mol. The van der Waals surface area contributed by atoms with Gasteiger partial charge in [0.1, 0.15) is 0 Å². The molecule has 2 aromatic rings. The number of benzene rings is 1. The molecule has 0 spiro atoms. The van der Waals surface area contributed by atoms with Crippen LogP contribution in [-0.4, -0.2) is 52.9 Å². The van der Waals surface area contributed by atoms with Gasteiger partial charge in [0, 0.05) is 49.8 Å². The third kappa shape index (κ3) is 3.68. The molecule has 0 unspecified atom stereocenters. The molecular formula is C17H19N5O2. The fourth-order valence-corrected chi connectivity index (χ4v) is 2.58. The van der Waals surface area contributed by atoms with Crippen LogP contribution in [0.3, 0.4) is 0 Å². The highest BCUT2D eigenvalue weighted by molar-refractivity contribution is 5.96. The van der Waals surface area contributed by atoms with Gasteiger partial charge in [-0.3, -0.25) is 4.79 Å². The fraction of sp³-hybridized carbons (Fsp3) is 0.294. The van der Waals surface area contributed by atoms with E-state index in [1.54, 1.807) is 47.6 Å². The summed E-state index contributed by atoms with van der Waals surface area (Å²) in [6, 6.07) is 8.58. The summed E-state index contributed by atoms with van der Waals surface area (Å²) in [5.74, 6) is 0.661. The average Bonchev–Trinajstić information content (AvgIpc) is 2.63. The van der Waals surface area contributed by atoms with E-state index in [0.29, 0.717) is 43.4 Å². The molecule has 7 nitrogen and oxygen atoms in total. The third-order valence-corrected chi connectivity index (χ3v) is 3.92. The van der Waals surface area contributed by atoms with Gasteiger partial charge in [0.2, 0.25) is 5.95 Å². The van der Waals surface area contributed by atoms with Crippen LogP contribution >= 0.6 is 0 Å². The van der Waals surface area contributed by atoms with Crippen LogP contribution < -0.4 is 10.2 Å². The van der Waals surface area contributed by atoms with Crippen molar-refractivity contribution in [3.8, 4) is 0 Å². The molecule has 1 saturated heterocycles. The van der Waals surface area contributed by atoms with Gasteiger partial charge in [-0.25, -0.2) is 14.8 Å². The second-order valence-corrected chi connectivity index (χ2v) is 5.59. The first-order valence-electron chi connectivity index (χ1n) is 7.82. The Morgan fingerprint density at radius 1 is 1.04 bits per heavy atom. The number of anilines is 2. The zero-order chi connectivity index (χ0) is 16.9. The maximum absolute atomic E-state index is 12.4. The number of urea groups is 1. The highest BCUT2D eigenvalue weighted by atomic mass is 16.2. The van der Waals surface area contributed by atoms with Crippen molar-refractivity contribution < 1.29 is 9.59 Å². The van der Waals surface area contributed by atoms with E-state index >= 15 is 0 Å². The van der Waals surface area contributed by atoms with Gasteiger partial charge in [0.05, 0.1) is 0 Å². The zero-order valence-electron chi connectivity index (χ0n) is 13.5. The van der Waals surface area contributed by atoms with Crippen LogP contribution in [0.1, 0.15) is 17.3 Å². The van der Waals surface area contributed by atoms with E-state index in [-0.39, 0.29) is 11.8 Å². The van der Waals surface area contributed by atoms with E-state index < -0.39 is 0 Å². The molecule has 1 aliphatic heterocycles. The van der Waals surface area contributed by atoms with Crippen molar-refractivity contribution in [3.63, 3.8) is 0 Å². The van der Waals surface area contributed by atoms with E-state index in [1.165, 1.54) is 6.92 Å². The Morgan fingerprint density at radius 2 is 1.75 bits per heavy atom. The standard InChI is InChI=1S/C17H19N5O2/c1-13(23)14-4-2-5-15(12-14)20-17(24)22-10-8-21(9-11-22)16-18-6-3-7-19-16/h2-7,12H,8-11H2,1H3,(H,20,24). The normalized spacial score (nSPS) is 14.4. The van der Waals surface area contributed by atoms with Gasteiger partial charge in [0.15, 0.2) is 5.78 Å². The molecule has 2 amide bonds. The Labute approximate surface area is 140 Å². The van der Waals surface area contributed by atoms with Gasteiger partial charge in [-0.15, -0.1) is 0 Å². The quantitative estimate of drug-likeness (QED) is 0.874. The second-order valence-electron chi connectivity index (χ2n) is 5.59. The van der Waals surface area contributed by atoms with Crippen LogP contribution in [-0.2, 0) is 0 Å². The van der Waals surface area contributed by atoms with Crippen LogP contribution in [0.4, 0.5) is 16.4 Å². The molecule has 0 saturated carbocycles. The lowest BCUT2D eigenvalue weighted by atomic mass is 10.1. The van der Waals surface area contributed by atoms with Gasteiger partial charge in [-0.1, -0.05) is 12.1 Å². The van der Waals surface area contributed by atoms with E-state index in [1.807, 2.05) is 0 Å². The first-order chi connectivity index (χ1) is 11.6. The minimum Gasteiger partial charge on any atom is -0.337 e. The molecule has 1 aromatic carbocycles. The topological polar surface area (TPSA) is 78.4 Å². The number of nitrogens with one attached hydrogen (secondary N) is 1. The highest BCUT2D eigenvalue weighted by Crippen LogP contribution is 2.14. The number of piperazine rings is 1. The van der Waals surface area contributed by atoms with E-state index in [2.05, 4.69) is 20.2 Å². The molecule has 1 aromatic heterocycles. The van der Waals surface area contributed by atoms with E-state index in [9.17, 15) is 9.59 Å². The predicted octanol–water partition coefficient (Wildman–Crippen LogP) is 2.03. The maximum atomic E-state index is 12.4. The number of nitrogens with zero attached hydrogens (tertiary/aromatic N) is 4. The molecule has 1 aliphatic rings. The number of hydrogen-bond acceptors (Lipinski definition) is 5. The molecule has 124 valence electrons. The summed E-state index contributed by atoms with van der Waals surface area (Å²) in [6.07, 6.45) is 3.42. The van der Waals surface area contributed by atoms with Crippen molar-refractivity contribution in [2.75, 3.05) is 36.4 Å². The zero-order valence-corrected chi connectivity index (χ0v) is 13.5. The summed E-state index contributed by atoms with van der Waals surface area (Å²) in [7, 11) is 0. The lowest BCUT2D eigenvalue weighted by Gasteiger charge is -2.34. The summed E-state index contributed by atoms with van der Waals surface area (Å²) in [6.45, 7) is 4.06. The Balaban J connectivity index is 1.57. The first-order valence-corrected chi connectivity index (χ1v) is 7.82. The SMILES string of the molecule is CC(=O)c1cccc(NC(=O)N2CCN(c3ncccn3)CC2)c1. The van der Waals surface area contributed by atoms with Crippen LogP contribution in [0.2, 0.25) is 0 Å². The molecule has 2 heterocycles. The maximum Gasteiger partial charge on any atom is 0.321 e. The summed E-state index contributed by atoms with van der Waals surface area (Å²) in [5.41, 5.74) is 1.21. The Hall–Kier alpha value is -2.96. The monoisotopic (exact) mass is 325 g/mol. The molecular weight excluding hydrogens is 306 g/mol. The number of aromatic nitrogens is 2. The number of Topliss-reactive ketones (excluding diaryl/α,β-unsaturated/α-hetero) is 1. The van der Waals surface area contributed by atoms with Crippen LogP contribution in [0.5, 0.6) is 0 Å². The lowest BCUT2D eigenvalue weighted by molar-refractivity contribution is 0.101. The van der Waals surface area contributed by atoms with Crippen molar-refractivity contribution >= 4 is 23.5 Å². The second kappa shape index (κ2) is 7.08. The van der Waals surface area contributed by atoms with E-state index in [4.69, 9.17) is 0 Å². The molecule has 0 atom stereocenters. The lowest BCUT2D eigenvalue weighted by Crippen LogP contribution is -2.50. The van der Waals surface area contributed by atoms with Crippen molar-refractivity contribution in [1.82, 2.24) is 14.9 Å². The molecule has 24 heavy (non-hydrogen) atoms.